The molecule has 2 aromatic carbocycles. The van der Waals surface area contributed by atoms with E-state index in [9.17, 15) is 9.18 Å². The smallest absolute Gasteiger partial charge is 0.274 e. The lowest BCUT2D eigenvalue weighted by molar-refractivity contribution is -0.122. The normalized spacial score (nSPS) is 14.3. The van der Waals surface area contributed by atoms with Gasteiger partial charge in [-0.25, -0.2) is 4.39 Å². The third kappa shape index (κ3) is 3.59. The predicted octanol–water partition coefficient (Wildman–Crippen LogP) is 3.62. The summed E-state index contributed by atoms with van der Waals surface area (Å²) in [6.45, 7) is 2.92. The second kappa shape index (κ2) is 6.50. The topological polar surface area (TPSA) is 32.7 Å². The van der Waals surface area contributed by atoms with E-state index in [1.54, 1.807) is 11.0 Å². The molecule has 2 aromatic rings. The highest BCUT2D eigenvalue weighted by atomic mass is 35.5. The van der Waals surface area contributed by atoms with Gasteiger partial charge in [-0.1, -0.05) is 41.4 Å². The average Bonchev–Trinajstić information content (AvgIpc) is 2.87. The second-order valence-electron chi connectivity index (χ2n) is 5.61. The van der Waals surface area contributed by atoms with Gasteiger partial charge < -0.3 is 4.90 Å². The number of halogens is 2. The van der Waals surface area contributed by atoms with Crippen LogP contribution in [0.25, 0.3) is 0 Å². The van der Waals surface area contributed by atoms with Crippen LogP contribution in [0.3, 0.4) is 0 Å². The summed E-state index contributed by atoms with van der Waals surface area (Å²) in [4.78, 5) is 18.3. The van der Waals surface area contributed by atoms with Crippen molar-refractivity contribution < 1.29 is 9.18 Å². The van der Waals surface area contributed by atoms with E-state index < -0.39 is 5.82 Å². The molecule has 1 aliphatic rings. The first-order valence-electron chi connectivity index (χ1n) is 7.38. The van der Waals surface area contributed by atoms with Crippen LogP contribution in [0.15, 0.2) is 47.5 Å². The van der Waals surface area contributed by atoms with Crippen LogP contribution in [0.1, 0.15) is 16.7 Å². The average molecular weight is 331 g/mol. The number of amides is 1. The van der Waals surface area contributed by atoms with Gasteiger partial charge in [0, 0.05) is 17.1 Å². The van der Waals surface area contributed by atoms with Crippen LogP contribution in [-0.4, -0.2) is 29.7 Å². The van der Waals surface area contributed by atoms with Gasteiger partial charge >= 0.3 is 0 Å². The number of benzene rings is 2. The van der Waals surface area contributed by atoms with Gasteiger partial charge in [-0.15, -0.1) is 0 Å². The summed E-state index contributed by atoms with van der Waals surface area (Å²) in [7, 11) is 0. The minimum absolute atomic E-state index is 0.182. The summed E-state index contributed by atoms with van der Waals surface area (Å²) >= 11 is 5.85. The van der Waals surface area contributed by atoms with E-state index in [2.05, 4.69) is 29.3 Å². The number of hydrogen-bond donors (Lipinski definition) is 0. The van der Waals surface area contributed by atoms with Gasteiger partial charge in [0.25, 0.3) is 5.91 Å². The summed E-state index contributed by atoms with van der Waals surface area (Å²) in [5, 5.41) is 0.258. The van der Waals surface area contributed by atoms with Crippen LogP contribution in [-0.2, 0) is 11.2 Å². The van der Waals surface area contributed by atoms with E-state index in [1.807, 2.05) is 6.92 Å². The molecule has 0 aliphatic carbocycles. The third-order valence-corrected chi connectivity index (χ3v) is 4.03. The molecule has 1 amide bonds. The Morgan fingerprint density at radius 3 is 2.65 bits per heavy atom. The number of rotatable bonds is 4. The molecule has 118 valence electrons. The van der Waals surface area contributed by atoms with E-state index in [0.717, 1.165) is 6.42 Å². The summed E-state index contributed by atoms with van der Waals surface area (Å²) < 4.78 is 13.4. The minimum atomic E-state index is -0.471. The lowest BCUT2D eigenvalue weighted by Crippen LogP contribution is -2.32. The Balaban J connectivity index is 1.67. The molecule has 0 aromatic heterocycles. The quantitative estimate of drug-likeness (QED) is 0.842. The zero-order valence-corrected chi connectivity index (χ0v) is 13.5. The molecule has 0 saturated carbocycles. The largest absolute Gasteiger partial charge is 0.317 e. The fraction of sp³-hybridized carbons (Fsp3) is 0.222. The highest BCUT2D eigenvalue weighted by Crippen LogP contribution is 2.18. The zero-order valence-electron chi connectivity index (χ0n) is 12.7. The van der Waals surface area contributed by atoms with Gasteiger partial charge in [-0.05, 0) is 37.1 Å². The van der Waals surface area contributed by atoms with E-state index in [0.29, 0.717) is 18.8 Å². The molecule has 23 heavy (non-hydrogen) atoms. The van der Waals surface area contributed by atoms with Crippen molar-refractivity contribution in [2.24, 2.45) is 4.99 Å². The van der Waals surface area contributed by atoms with Gasteiger partial charge in [0.1, 0.15) is 18.2 Å². The van der Waals surface area contributed by atoms with E-state index >= 15 is 0 Å². The van der Waals surface area contributed by atoms with Gasteiger partial charge in [-0.3, -0.25) is 9.79 Å². The molecule has 0 bridgehead atoms. The third-order valence-electron chi connectivity index (χ3n) is 3.82. The van der Waals surface area contributed by atoms with Crippen LogP contribution < -0.4 is 0 Å². The fourth-order valence-electron chi connectivity index (χ4n) is 2.53. The Morgan fingerprint density at radius 1 is 1.22 bits per heavy atom. The molecule has 0 fully saturated rings. The van der Waals surface area contributed by atoms with Crippen molar-refractivity contribution in [1.82, 2.24) is 4.90 Å². The molecular formula is C18H16ClFN2O. The highest BCUT2D eigenvalue weighted by Gasteiger charge is 2.26. The van der Waals surface area contributed by atoms with Crippen LogP contribution in [0.4, 0.5) is 4.39 Å². The van der Waals surface area contributed by atoms with Gasteiger partial charge in [0.05, 0.1) is 0 Å². The van der Waals surface area contributed by atoms with Crippen molar-refractivity contribution in [3.05, 3.63) is 70.0 Å². The summed E-state index contributed by atoms with van der Waals surface area (Å²) in [5.74, 6) is -0.653. The molecule has 0 spiro atoms. The molecule has 0 saturated heterocycles. The summed E-state index contributed by atoms with van der Waals surface area (Å²) in [5.41, 5.74) is 3.08. The standard InChI is InChI=1S/C18H16ClFN2O/c1-12-2-4-13(5-3-12)6-7-22-11-21-17(18(22)23)14-8-15(19)10-16(20)9-14/h2-5,8-10H,6-7,11H2,1H3. The Kier molecular flexibility index (Phi) is 4.44. The van der Waals surface area contributed by atoms with Crippen LogP contribution >= 0.6 is 11.6 Å². The Hall–Kier alpha value is -2.20. The second-order valence-corrected chi connectivity index (χ2v) is 6.05. The van der Waals surface area contributed by atoms with Gasteiger partial charge in [-0.2, -0.15) is 0 Å². The Labute approximate surface area is 139 Å². The van der Waals surface area contributed by atoms with Crippen molar-refractivity contribution in [1.29, 1.82) is 0 Å². The zero-order chi connectivity index (χ0) is 16.4. The lowest BCUT2D eigenvalue weighted by Gasteiger charge is -2.15. The van der Waals surface area contributed by atoms with E-state index in [1.165, 1.54) is 23.3 Å². The minimum Gasteiger partial charge on any atom is -0.317 e. The monoisotopic (exact) mass is 330 g/mol. The number of aryl methyl sites for hydroxylation is 1. The fourth-order valence-corrected chi connectivity index (χ4v) is 2.76. The number of carbonyl (C=O) groups excluding carboxylic acids is 1. The first kappa shape index (κ1) is 15.7. The van der Waals surface area contributed by atoms with Crippen molar-refractivity contribution in [2.45, 2.75) is 13.3 Å². The summed E-state index contributed by atoms with van der Waals surface area (Å²) in [6, 6.07) is 12.3. The van der Waals surface area contributed by atoms with Gasteiger partial charge in [0.2, 0.25) is 0 Å². The lowest BCUT2D eigenvalue weighted by atomic mass is 10.1. The molecule has 3 rings (SSSR count). The number of hydrogen-bond acceptors (Lipinski definition) is 2. The highest BCUT2D eigenvalue weighted by molar-refractivity contribution is 6.46. The Bertz CT molecular complexity index is 751. The molecule has 5 heteroatoms. The van der Waals surface area contributed by atoms with Crippen molar-refractivity contribution in [3.8, 4) is 0 Å². The first-order chi connectivity index (χ1) is 11.0. The SMILES string of the molecule is Cc1ccc(CCN2CN=C(c3cc(F)cc(Cl)c3)C2=O)cc1. The predicted molar refractivity (Wildman–Crippen MR) is 89.4 cm³/mol. The molecular weight excluding hydrogens is 315 g/mol. The first-order valence-corrected chi connectivity index (χ1v) is 7.76. The van der Waals surface area contributed by atoms with Crippen LogP contribution in [0.2, 0.25) is 5.02 Å². The molecule has 0 unspecified atom stereocenters. The molecule has 1 aliphatic heterocycles. The molecule has 0 atom stereocenters. The molecule has 0 N–H and O–H groups in total. The van der Waals surface area contributed by atoms with E-state index in [-0.39, 0.29) is 16.6 Å². The number of aliphatic imine (C=N–C) groups is 1. The van der Waals surface area contributed by atoms with Crippen molar-refractivity contribution >= 4 is 23.2 Å². The van der Waals surface area contributed by atoms with Crippen molar-refractivity contribution in [2.75, 3.05) is 13.2 Å². The molecule has 3 nitrogen and oxygen atoms in total. The maximum Gasteiger partial charge on any atom is 0.274 e. The van der Waals surface area contributed by atoms with Crippen molar-refractivity contribution in [3.63, 3.8) is 0 Å². The summed E-state index contributed by atoms with van der Waals surface area (Å²) in [6.07, 6.45) is 0.763. The van der Waals surface area contributed by atoms with Crippen LogP contribution in [0.5, 0.6) is 0 Å². The molecule has 1 heterocycles. The maximum absolute atomic E-state index is 13.4. The number of nitrogens with zero attached hydrogens (tertiary/aromatic N) is 2. The molecule has 0 radical (unpaired) electrons. The number of carbonyl (C=O) groups is 1. The van der Waals surface area contributed by atoms with Gasteiger partial charge in [0.15, 0.2) is 0 Å². The maximum atomic E-state index is 13.4. The Morgan fingerprint density at radius 2 is 1.96 bits per heavy atom. The van der Waals surface area contributed by atoms with E-state index in [4.69, 9.17) is 11.6 Å². The van der Waals surface area contributed by atoms with Crippen LogP contribution in [0, 0.1) is 12.7 Å².